The largest absolute Gasteiger partial charge is 0.333 e. The molecular formula is C26H17N5O2. The second kappa shape index (κ2) is 7.20. The number of H-pyrrole nitrogens is 1. The first-order valence-corrected chi connectivity index (χ1v) is 10.5. The lowest BCUT2D eigenvalue weighted by Gasteiger charge is -2.12. The first-order chi connectivity index (χ1) is 16.1. The van der Waals surface area contributed by atoms with Gasteiger partial charge in [-0.15, -0.1) is 0 Å². The van der Waals surface area contributed by atoms with E-state index in [0.29, 0.717) is 33.3 Å². The number of benzene rings is 2. The monoisotopic (exact) mass is 431 g/mol. The zero-order valence-corrected chi connectivity index (χ0v) is 17.6. The van der Waals surface area contributed by atoms with E-state index in [0.717, 1.165) is 22.0 Å². The van der Waals surface area contributed by atoms with E-state index in [2.05, 4.69) is 15.0 Å². The second-order valence-electron chi connectivity index (χ2n) is 7.94. The van der Waals surface area contributed by atoms with Crippen molar-refractivity contribution >= 4 is 32.8 Å². The van der Waals surface area contributed by atoms with Gasteiger partial charge in [0, 0.05) is 23.3 Å². The van der Waals surface area contributed by atoms with Crippen molar-refractivity contribution in [1.82, 2.24) is 24.5 Å². The predicted octanol–water partition coefficient (Wildman–Crippen LogP) is 4.15. The van der Waals surface area contributed by atoms with Crippen molar-refractivity contribution < 1.29 is 0 Å². The van der Waals surface area contributed by atoms with Crippen molar-refractivity contribution in [2.75, 3.05) is 0 Å². The third kappa shape index (κ3) is 3.10. The number of hydrogen-bond donors (Lipinski definition) is 1. The van der Waals surface area contributed by atoms with E-state index in [1.807, 2.05) is 73.7 Å². The van der Waals surface area contributed by atoms with Crippen LogP contribution in [-0.4, -0.2) is 24.5 Å². The lowest BCUT2D eigenvalue weighted by molar-refractivity contribution is 0.942. The van der Waals surface area contributed by atoms with E-state index in [1.54, 1.807) is 6.20 Å². The van der Waals surface area contributed by atoms with Crippen LogP contribution >= 0.6 is 0 Å². The van der Waals surface area contributed by atoms with Gasteiger partial charge in [-0.25, -0.2) is 9.78 Å². The van der Waals surface area contributed by atoms with Gasteiger partial charge < -0.3 is 0 Å². The molecule has 1 N–H and O–H groups in total. The zero-order chi connectivity index (χ0) is 22.5. The first-order valence-electron chi connectivity index (χ1n) is 10.5. The van der Waals surface area contributed by atoms with Crippen molar-refractivity contribution in [3.63, 3.8) is 0 Å². The number of hydrogen-bond acceptors (Lipinski definition) is 5. The highest BCUT2D eigenvalue weighted by atomic mass is 16.2. The molecular weight excluding hydrogens is 414 g/mol. The molecule has 4 aromatic heterocycles. The van der Waals surface area contributed by atoms with Gasteiger partial charge in [0.05, 0.1) is 33.3 Å². The normalized spacial score (nSPS) is 11.4. The molecule has 0 bridgehead atoms. The van der Waals surface area contributed by atoms with Crippen molar-refractivity contribution in [3.8, 4) is 16.9 Å². The number of aryl methyl sites for hydroxylation is 1. The maximum atomic E-state index is 13.0. The summed E-state index contributed by atoms with van der Waals surface area (Å²) in [5.41, 5.74) is 4.53. The summed E-state index contributed by atoms with van der Waals surface area (Å²) in [6.07, 6.45) is 3.26. The van der Waals surface area contributed by atoms with E-state index >= 15 is 0 Å². The fourth-order valence-electron chi connectivity index (χ4n) is 4.15. The maximum absolute atomic E-state index is 13.0. The molecule has 0 saturated carbocycles. The number of para-hydroxylation sites is 1. The number of rotatable bonds is 2. The summed E-state index contributed by atoms with van der Waals surface area (Å²) in [7, 11) is 0. The summed E-state index contributed by atoms with van der Waals surface area (Å²) in [4.78, 5) is 41.8. The number of nitrogens with zero attached hydrogens (tertiary/aromatic N) is 4. The van der Waals surface area contributed by atoms with Gasteiger partial charge in [0.2, 0.25) is 0 Å². The van der Waals surface area contributed by atoms with Crippen molar-refractivity contribution in [1.29, 1.82) is 0 Å². The summed E-state index contributed by atoms with van der Waals surface area (Å²) in [6, 6.07) is 21.1. The first kappa shape index (κ1) is 19.1. The van der Waals surface area contributed by atoms with Crippen molar-refractivity contribution in [2.24, 2.45) is 0 Å². The van der Waals surface area contributed by atoms with Gasteiger partial charge in [-0.3, -0.25) is 24.3 Å². The minimum absolute atomic E-state index is 0.296. The molecule has 0 unspecified atom stereocenters. The smallest absolute Gasteiger partial charge is 0.273 e. The summed E-state index contributed by atoms with van der Waals surface area (Å²) >= 11 is 0. The Morgan fingerprint density at radius 1 is 0.848 bits per heavy atom. The molecule has 7 nitrogen and oxygen atoms in total. The van der Waals surface area contributed by atoms with Gasteiger partial charge in [-0.1, -0.05) is 30.3 Å². The number of pyridine rings is 3. The predicted molar refractivity (Wildman–Crippen MR) is 129 cm³/mol. The van der Waals surface area contributed by atoms with Gasteiger partial charge in [-0.2, -0.15) is 0 Å². The standard InChI is InChI=1S/C26H17N5O2/c1-15-5-4-7-18(11-15)31-24-19(25(32)30-26(31)33)14-28-22-10-9-21(29-23(22)24)17-12-16-6-2-3-8-20(16)27-13-17/h2-14H,1H3,(H,30,32,33). The summed E-state index contributed by atoms with van der Waals surface area (Å²) in [6.45, 7) is 1.95. The molecule has 0 atom stereocenters. The van der Waals surface area contributed by atoms with Crippen LogP contribution in [0.2, 0.25) is 0 Å². The summed E-state index contributed by atoms with van der Waals surface area (Å²) in [5.74, 6) is 0. The highest BCUT2D eigenvalue weighted by molar-refractivity contribution is 6.01. The fourth-order valence-corrected chi connectivity index (χ4v) is 4.15. The Balaban J connectivity index is 1.70. The quantitative estimate of drug-likeness (QED) is 0.416. The topological polar surface area (TPSA) is 93.5 Å². The second-order valence-corrected chi connectivity index (χ2v) is 7.94. The molecule has 0 aliphatic rings. The van der Waals surface area contributed by atoms with Crippen LogP contribution in [0.1, 0.15) is 5.56 Å². The SMILES string of the molecule is Cc1cccc(-n2c(=O)[nH]c(=O)c3cnc4ccc(-c5cnc6ccccc6c5)nc4c32)c1. The van der Waals surface area contributed by atoms with Gasteiger partial charge in [0.1, 0.15) is 5.52 Å². The summed E-state index contributed by atoms with van der Waals surface area (Å²) < 4.78 is 1.49. The Hall–Kier alpha value is -4.65. The van der Waals surface area contributed by atoms with Crippen LogP contribution in [0.25, 0.3) is 49.8 Å². The van der Waals surface area contributed by atoms with Crippen LogP contribution in [0.4, 0.5) is 0 Å². The molecule has 4 heterocycles. The molecule has 0 saturated heterocycles. The average molecular weight is 431 g/mol. The van der Waals surface area contributed by atoms with E-state index in [-0.39, 0.29) is 0 Å². The number of nitrogens with one attached hydrogen (secondary N) is 1. The minimum Gasteiger partial charge on any atom is -0.273 e. The van der Waals surface area contributed by atoms with E-state index in [1.165, 1.54) is 10.8 Å². The Kier molecular flexibility index (Phi) is 4.16. The van der Waals surface area contributed by atoms with Crippen LogP contribution in [0.15, 0.2) is 88.7 Å². The molecule has 158 valence electrons. The van der Waals surface area contributed by atoms with Crippen molar-refractivity contribution in [3.05, 3.63) is 106 Å². The molecule has 0 aliphatic carbocycles. The fraction of sp³-hybridized carbons (Fsp3) is 0.0385. The van der Waals surface area contributed by atoms with Crippen molar-refractivity contribution in [2.45, 2.75) is 6.92 Å². The molecule has 0 fully saturated rings. The van der Waals surface area contributed by atoms with Gasteiger partial charge in [0.15, 0.2) is 0 Å². The molecule has 0 radical (unpaired) electrons. The Bertz CT molecular complexity index is 1840. The van der Waals surface area contributed by atoms with Crippen LogP contribution in [0.3, 0.4) is 0 Å². The molecule has 6 aromatic rings. The molecule has 2 aromatic carbocycles. The maximum Gasteiger partial charge on any atom is 0.333 e. The Labute approximate surface area is 187 Å². The average Bonchev–Trinajstić information content (AvgIpc) is 2.83. The number of aromatic nitrogens is 5. The molecule has 0 spiro atoms. The highest BCUT2D eigenvalue weighted by Gasteiger charge is 2.16. The van der Waals surface area contributed by atoms with Crippen LogP contribution in [0.5, 0.6) is 0 Å². The number of fused-ring (bicyclic) bond motifs is 4. The van der Waals surface area contributed by atoms with Gasteiger partial charge in [-0.05, 0) is 48.9 Å². The van der Waals surface area contributed by atoms with Crippen LogP contribution in [0, 0.1) is 6.92 Å². The summed E-state index contributed by atoms with van der Waals surface area (Å²) in [5, 5.41) is 1.30. The van der Waals surface area contributed by atoms with Gasteiger partial charge in [0.25, 0.3) is 5.56 Å². The Morgan fingerprint density at radius 3 is 2.58 bits per heavy atom. The van der Waals surface area contributed by atoms with E-state index in [9.17, 15) is 9.59 Å². The third-order valence-electron chi connectivity index (χ3n) is 5.72. The van der Waals surface area contributed by atoms with Gasteiger partial charge >= 0.3 is 5.69 Å². The number of aromatic amines is 1. The lowest BCUT2D eigenvalue weighted by atomic mass is 10.1. The molecule has 33 heavy (non-hydrogen) atoms. The minimum atomic E-state index is -0.523. The molecule has 0 amide bonds. The molecule has 0 aliphatic heterocycles. The molecule has 6 rings (SSSR count). The van der Waals surface area contributed by atoms with E-state index < -0.39 is 11.2 Å². The Morgan fingerprint density at radius 2 is 1.70 bits per heavy atom. The van der Waals surface area contributed by atoms with Crippen LogP contribution in [-0.2, 0) is 0 Å². The van der Waals surface area contributed by atoms with Crippen LogP contribution < -0.4 is 11.2 Å². The molecule has 7 heteroatoms. The highest BCUT2D eigenvalue weighted by Crippen LogP contribution is 2.26. The third-order valence-corrected chi connectivity index (χ3v) is 5.72. The zero-order valence-electron chi connectivity index (χ0n) is 17.6. The van der Waals surface area contributed by atoms with E-state index in [4.69, 9.17) is 4.98 Å². The lowest BCUT2D eigenvalue weighted by Crippen LogP contribution is -2.29.